The Morgan fingerprint density at radius 3 is 3.00 bits per heavy atom. The summed E-state index contributed by atoms with van der Waals surface area (Å²) >= 11 is 0. The van der Waals surface area contributed by atoms with Crippen LogP contribution in [-0.4, -0.2) is 47.1 Å². The summed E-state index contributed by atoms with van der Waals surface area (Å²) in [5, 5.41) is 3.45. The number of nitrogens with one attached hydrogen (secondary N) is 1. The number of methoxy groups -OCH3 is 1. The Morgan fingerprint density at radius 2 is 2.24 bits per heavy atom. The molecule has 7 heteroatoms. The zero-order chi connectivity index (χ0) is 20.2. The average molecular weight is 396 g/mol. The van der Waals surface area contributed by atoms with Crippen molar-refractivity contribution >= 4 is 5.91 Å². The molecule has 1 saturated heterocycles. The van der Waals surface area contributed by atoms with Crippen molar-refractivity contribution in [1.29, 1.82) is 0 Å². The largest absolute Gasteiger partial charge is 0.497 e. The molecule has 0 aliphatic carbocycles. The van der Waals surface area contributed by atoms with Gasteiger partial charge in [0.1, 0.15) is 17.3 Å². The number of hydrogen-bond donors (Lipinski definition) is 1. The number of carbonyl (C=O) groups is 1. The van der Waals surface area contributed by atoms with Gasteiger partial charge < -0.3 is 19.7 Å². The number of rotatable bonds is 6. The van der Waals surface area contributed by atoms with Gasteiger partial charge in [-0.3, -0.25) is 4.79 Å². The zero-order valence-electron chi connectivity index (χ0n) is 17.1. The second kappa shape index (κ2) is 8.78. The highest BCUT2D eigenvalue weighted by atomic mass is 16.5. The molecule has 0 bridgehead atoms. The predicted molar refractivity (Wildman–Crippen MR) is 109 cm³/mol. The molecule has 1 fully saturated rings. The zero-order valence-corrected chi connectivity index (χ0v) is 17.1. The molecule has 0 saturated carbocycles. The lowest BCUT2D eigenvalue weighted by Gasteiger charge is -2.31. The Kier molecular flexibility index (Phi) is 5.94. The molecule has 2 aliphatic heterocycles. The maximum atomic E-state index is 13.1. The molecule has 1 N–H and O–H groups in total. The number of hydrogen-bond acceptors (Lipinski definition) is 6. The average Bonchev–Trinajstić information content (AvgIpc) is 3.31. The van der Waals surface area contributed by atoms with Crippen LogP contribution in [0.4, 0.5) is 0 Å². The topological polar surface area (TPSA) is 76.6 Å². The second-order valence-electron chi connectivity index (χ2n) is 7.55. The van der Waals surface area contributed by atoms with E-state index in [2.05, 4.69) is 10.3 Å². The van der Waals surface area contributed by atoms with Crippen LogP contribution >= 0.6 is 0 Å². The van der Waals surface area contributed by atoms with Crippen molar-refractivity contribution in [3.63, 3.8) is 0 Å². The van der Waals surface area contributed by atoms with Crippen molar-refractivity contribution in [3.8, 4) is 11.5 Å². The minimum absolute atomic E-state index is 0.00232. The van der Waals surface area contributed by atoms with E-state index in [-0.39, 0.29) is 11.9 Å². The summed E-state index contributed by atoms with van der Waals surface area (Å²) in [6.07, 6.45) is 4.97. The number of nitrogens with zero attached hydrogens (tertiary/aromatic N) is 3. The number of ether oxygens (including phenoxy) is 2. The van der Waals surface area contributed by atoms with Gasteiger partial charge in [-0.2, -0.15) is 0 Å². The highest BCUT2D eigenvalue weighted by molar-refractivity contribution is 5.81. The van der Waals surface area contributed by atoms with Crippen LogP contribution in [-0.2, 0) is 17.8 Å². The monoisotopic (exact) mass is 396 g/mol. The lowest BCUT2D eigenvalue weighted by atomic mass is 10.1. The van der Waals surface area contributed by atoms with Crippen molar-refractivity contribution < 1.29 is 14.3 Å². The third kappa shape index (κ3) is 4.34. The quantitative estimate of drug-likeness (QED) is 0.809. The lowest BCUT2D eigenvalue weighted by Crippen LogP contribution is -2.44. The summed E-state index contributed by atoms with van der Waals surface area (Å²) in [6.45, 7) is 4.17. The SMILES string of the molecule is CC[C@H](Oc1cccc(OC)c1)C(=O)N1CCc2nc([C@H]3CCCN3)ncc2C1. The number of carbonyl (C=O) groups excluding carboxylic acids is 1. The van der Waals surface area contributed by atoms with Gasteiger partial charge in [0.2, 0.25) is 0 Å². The Morgan fingerprint density at radius 1 is 1.38 bits per heavy atom. The van der Waals surface area contributed by atoms with Gasteiger partial charge in [-0.05, 0) is 37.9 Å². The summed E-state index contributed by atoms with van der Waals surface area (Å²) in [5.41, 5.74) is 2.09. The van der Waals surface area contributed by atoms with E-state index in [1.54, 1.807) is 13.2 Å². The van der Waals surface area contributed by atoms with Crippen molar-refractivity contribution in [2.45, 2.75) is 51.3 Å². The van der Waals surface area contributed by atoms with Gasteiger partial charge in [-0.15, -0.1) is 0 Å². The lowest BCUT2D eigenvalue weighted by molar-refractivity contribution is -0.139. The molecule has 1 amide bonds. The fraction of sp³-hybridized carbons (Fsp3) is 0.500. The van der Waals surface area contributed by atoms with E-state index in [1.807, 2.05) is 36.2 Å². The van der Waals surface area contributed by atoms with Gasteiger partial charge >= 0.3 is 0 Å². The molecular formula is C22H28N4O3. The van der Waals surface area contributed by atoms with Crippen molar-refractivity contribution in [2.75, 3.05) is 20.2 Å². The molecule has 1 aromatic heterocycles. The Hall–Kier alpha value is -2.67. The van der Waals surface area contributed by atoms with Crippen LogP contribution in [0.3, 0.4) is 0 Å². The molecule has 1 aromatic carbocycles. The minimum Gasteiger partial charge on any atom is -0.497 e. The normalized spacial score (nSPS) is 19.5. The number of benzene rings is 1. The molecule has 7 nitrogen and oxygen atoms in total. The number of aromatic nitrogens is 2. The molecule has 0 radical (unpaired) electrons. The van der Waals surface area contributed by atoms with Crippen molar-refractivity contribution in [2.24, 2.45) is 0 Å². The Balaban J connectivity index is 1.43. The molecule has 154 valence electrons. The summed E-state index contributed by atoms with van der Waals surface area (Å²) in [5.74, 6) is 2.23. The van der Waals surface area contributed by atoms with Crippen LogP contribution in [0.5, 0.6) is 11.5 Å². The second-order valence-corrected chi connectivity index (χ2v) is 7.55. The molecule has 2 aromatic rings. The van der Waals surface area contributed by atoms with E-state index in [1.165, 1.54) is 6.42 Å². The molecule has 29 heavy (non-hydrogen) atoms. The molecule has 0 unspecified atom stereocenters. The van der Waals surface area contributed by atoms with Crippen LogP contribution in [0.15, 0.2) is 30.5 Å². The molecule has 0 spiro atoms. The highest BCUT2D eigenvalue weighted by Gasteiger charge is 2.29. The van der Waals surface area contributed by atoms with E-state index in [4.69, 9.17) is 14.5 Å². The summed E-state index contributed by atoms with van der Waals surface area (Å²) in [6, 6.07) is 7.62. The van der Waals surface area contributed by atoms with Gasteiger partial charge in [0.25, 0.3) is 5.91 Å². The highest BCUT2D eigenvalue weighted by Crippen LogP contribution is 2.25. The van der Waals surface area contributed by atoms with Gasteiger partial charge in [-0.1, -0.05) is 13.0 Å². The first-order valence-electron chi connectivity index (χ1n) is 10.4. The molecule has 3 heterocycles. The van der Waals surface area contributed by atoms with Gasteiger partial charge in [0, 0.05) is 37.3 Å². The fourth-order valence-electron chi connectivity index (χ4n) is 3.94. The van der Waals surface area contributed by atoms with E-state index in [0.29, 0.717) is 31.0 Å². The molecule has 2 atom stereocenters. The van der Waals surface area contributed by atoms with Gasteiger partial charge in [-0.25, -0.2) is 9.97 Å². The fourth-order valence-corrected chi connectivity index (χ4v) is 3.94. The van der Waals surface area contributed by atoms with Crippen molar-refractivity contribution in [3.05, 3.63) is 47.5 Å². The number of amides is 1. The Labute approximate surface area is 171 Å². The van der Waals surface area contributed by atoms with E-state index >= 15 is 0 Å². The minimum atomic E-state index is -0.522. The smallest absolute Gasteiger partial charge is 0.263 e. The van der Waals surface area contributed by atoms with Crippen LogP contribution in [0.1, 0.15) is 49.3 Å². The third-order valence-electron chi connectivity index (χ3n) is 5.60. The van der Waals surface area contributed by atoms with Crippen LogP contribution < -0.4 is 14.8 Å². The maximum Gasteiger partial charge on any atom is 0.263 e. The van der Waals surface area contributed by atoms with Crippen LogP contribution in [0, 0.1) is 0 Å². The van der Waals surface area contributed by atoms with Gasteiger partial charge in [0.15, 0.2) is 6.10 Å². The van der Waals surface area contributed by atoms with E-state index in [0.717, 1.165) is 36.5 Å². The number of fused-ring (bicyclic) bond motifs is 1. The standard InChI is InChI=1S/C22H28N4O3/c1-3-20(29-17-7-4-6-16(12-17)28-2)22(27)26-11-9-18-15(14-26)13-24-21(25-18)19-8-5-10-23-19/h4,6-7,12-13,19-20,23H,3,5,8-11,14H2,1-2H3/t19-,20+/m1/s1. The first kappa shape index (κ1) is 19.6. The predicted octanol–water partition coefficient (Wildman–Crippen LogP) is 2.65. The maximum absolute atomic E-state index is 13.1. The van der Waals surface area contributed by atoms with E-state index in [9.17, 15) is 4.79 Å². The molecule has 4 rings (SSSR count). The third-order valence-corrected chi connectivity index (χ3v) is 5.60. The summed E-state index contributed by atoms with van der Waals surface area (Å²) < 4.78 is 11.2. The first-order chi connectivity index (χ1) is 14.2. The van der Waals surface area contributed by atoms with Crippen molar-refractivity contribution in [1.82, 2.24) is 20.2 Å². The van der Waals surface area contributed by atoms with Crippen LogP contribution in [0.25, 0.3) is 0 Å². The molecular weight excluding hydrogens is 368 g/mol. The Bertz CT molecular complexity index is 867. The molecule has 2 aliphatic rings. The first-order valence-corrected chi connectivity index (χ1v) is 10.4. The van der Waals surface area contributed by atoms with Crippen LogP contribution in [0.2, 0.25) is 0 Å². The summed E-state index contributed by atoms with van der Waals surface area (Å²) in [4.78, 5) is 24.3. The van der Waals surface area contributed by atoms with Gasteiger partial charge in [0.05, 0.1) is 18.8 Å². The summed E-state index contributed by atoms with van der Waals surface area (Å²) in [7, 11) is 1.61. The van der Waals surface area contributed by atoms with E-state index < -0.39 is 6.10 Å².